The van der Waals surface area contributed by atoms with Gasteiger partial charge in [-0.05, 0) is 30.5 Å². The second-order valence-electron chi connectivity index (χ2n) is 9.34. The van der Waals surface area contributed by atoms with Gasteiger partial charge in [-0.15, -0.1) is 0 Å². The number of hydrogen-bond donors (Lipinski definition) is 1. The molecule has 1 aromatic heterocycles. The highest BCUT2D eigenvalue weighted by Gasteiger charge is 2.33. The van der Waals surface area contributed by atoms with E-state index in [1.807, 2.05) is 4.68 Å². The van der Waals surface area contributed by atoms with Crippen molar-refractivity contribution in [3.63, 3.8) is 0 Å². The van der Waals surface area contributed by atoms with E-state index in [2.05, 4.69) is 10.4 Å². The van der Waals surface area contributed by atoms with Crippen LogP contribution in [-0.2, 0) is 22.5 Å². The topological polar surface area (TPSA) is 75.0 Å². The van der Waals surface area contributed by atoms with Gasteiger partial charge in [-0.1, -0.05) is 6.07 Å². The van der Waals surface area contributed by atoms with E-state index in [0.29, 0.717) is 44.1 Å². The lowest BCUT2D eigenvalue weighted by atomic mass is 9.94. The SMILES string of the molecule is CC(=O)N1CCc2c(c(Nc3ccc(C4CN(C)N=C4C(F)F)cc3F)nn2C2CCOCC2)C1. The average molecular weight is 491 g/mol. The lowest BCUT2D eigenvalue weighted by Crippen LogP contribution is -2.35. The summed E-state index contributed by atoms with van der Waals surface area (Å²) >= 11 is 0. The van der Waals surface area contributed by atoms with E-state index in [0.717, 1.165) is 24.1 Å². The summed E-state index contributed by atoms with van der Waals surface area (Å²) in [5, 5.41) is 13.3. The highest BCUT2D eigenvalue weighted by atomic mass is 19.3. The summed E-state index contributed by atoms with van der Waals surface area (Å²) in [6.45, 7) is 4.16. The molecular weight excluding hydrogens is 461 g/mol. The fourth-order valence-corrected chi connectivity index (χ4v) is 5.16. The average Bonchev–Trinajstić information content (AvgIpc) is 3.41. The molecule has 1 atom stereocenters. The molecule has 8 nitrogen and oxygen atoms in total. The monoisotopic (exact) mass is 490 g/mol. The van der Waals surface area contributed by atoms with Gasteiger partial charge in [0.25, 0.3) is 6.43 Å². The van der Waals surface area contributed by atoms with Crippen LogP contribution in [0.15, 0.2) is 23.3 Å². The molecule has 3 aliphatic heterocycles. The Hall–Kier alpha value is -3.08. The van der Waals surface area contributed by atoms with Crippen LogP contribution in [0.5, 0.6) is 0 Å². The van der Waals surface area contributed by atoms with Gasteiger partial charge in [0.2, 0.25) is 5.91 Å². The van der Waals surface area contributed by atoms with E-state index in [9.17, 15) is 13.6 Å². The third kappa shape index (κ3) is 4.61. The number of ether oxygens (including phenoxy) is 1. The number of nitrogens with zero attached hydrogens (tertiary/aromatic N) is 5. The maximum atomic E-state index is 15.2. The van der Waals surface area contributed by atoms with Gasteiger partial charge < -0.3 is 15.0 Å². The Bertz CT molecular complexity index is 1140. The molecule has 0 aliphatic carbocycles. The molecule has 188 valence electrons. The predicted octanol–water partition coefficient (Wildman–Crippen LogP) is 3.67. The fourth-order valence-electron chi connectivity index (χ4n) is 5.16. The molecule has 0 spiro atoms. The Balaban J connectivity index is 1.44. The maximum absolute atomic E-state index is 15.2. The van der Waals surface area contributed by atoms with Gasteiger partial charge in [-0.2, -0.15) is 10.2 Å². The van der Waals surface area contributed by atoms with Gasteiger partial charge in [-0.25, -0.2) is 13.2 Å². The van der Waals surface area contributed by atoms with E-state index in [1.54, 1.807) is 24.1 Å². The predicted molar refractivity (Wildman–Crippen MR) is 125 cm³/mol. The molecule has 0 bridgehead atoms. The van der Waals surface area contributed by atoms with Crippen molar-refractivity contribution in [3.05, 3.63) is 40.8 Å². The van der Waals surface area contributed by atoms with E-state index in [4.69, 9.17) is 9.84 Å². The van der Waals surface area contributed by atoms with Crippen LogP contribution < -0.4 is 5.32 Å². The number of fused-ring (bicyclic) bond motifs is 1. The molecule has 1 saturated heterocycles. The number of hydrazone groups is 1. The normalized spacial score (nSPS) is 20.9. The van der Waals surface area contributed by atoms with Gasteiger partial charge in [0, 0.05) is 63.9 Å². The number of carbonyl (C=O) groups is 1. The molecule has 35 heavy (non-hydrogen) atoms. The number of likely N-dealkylation sites (N-methyl/N-ethyl adjacent to an activating group) is 1. The molecule has 4 heterocycles. The second-order valence-corrected chi connectivity index (χ2v) is 9.34. The summed E-state index contributed by atoms with van der Waals surface area (Å²) in [5.74, 6) is -0.721. The molecular formula is C24H29F3N6O2. The van der Waals surface area contributed by atoms with Crippen molar-refractivity contribution >= 4 is 23.1 Å². The Labute approximate surface area is 201 Å². The molecule has 1 fully saturated rings. The van der Waals surface area contributed by atoms with E-state index < -0.39 is 18.2 Å². The molecule has 5 rings (SSSR count). The molecule has 1 amide bonds. The van der Waals surface area contributed by atoms with Crippen LogP contribution in [0, 0.1) is 5.82 Å². The standard InChI is InChI=1S/C24H29F3N6O2/c1-14(34)32-8-5-21-18(13-32)24(30-33(21)16-6-9-35-10-7-16)28-20-4-3-15(11-19(20)25)17-12-31(2)29-22(17)23(26)27/h3-4,11,16-17,23H,5-10,12-13H2,1-2H3,(H,28,30). The van der Waals surface area contributed by atoms with Crippen LogP contribution in [0.2, 0.25) is 0 Å². The molecule has 0 saturated carbocycles. The van der Waals surface area contributed by atoms with Crippen LogP contribution in [0.4, 0.5) is 24.7 Å². The van der Waals surface area contributed by atoms with Crippen LogP contribution >= 0.6 is 0 Å². The number of rotatable bonds is 5. The van der Waals surface area contributed by atoms with Crippen molar-refractivity contribution in [2.75, 3.05) is 38.7 Å². The van der Waals surface area contributed by atoms with Crippen LogP contribution in [0.1, 0.15) is 48.5 Å². The summed E-state index contributed by atoms with van der Waals surface area (Å²) in [4.78, 5) is 13.8. The second kappa shape index (κ2) is 9.52. The minimum atomic E-state index is -2.70. The Kier molecular flexibility index (Phi) is 6.43. The molecule has 1 aromatic carbocycles. The number of hydrogen-bond acceptors (Lipinski definition) is 6. The third-order valence-electron chi connectivity index (χ3n) is 7.03. The number of carbonyl (C=O) groups excluding carboxylic acids is 1. The summed E-state index contributed by atoms with van der Waals surface area (Å²) in [5.41, 5.74) is 2.34. The lowest BCUT2D eigenvalue weighted by Gasteiger charge is -2.29. The Morgan fingerprint density at radius 3 is 2.71 bits per heavy atom. The number of benzene rings is 1. The number of amides is 1. The molecule has 2 aromatic rings. The number of anilines is 2. The maximum Gasteiger partial charge on any atom is 0.279 e. The molecule has 3 aliphatic rings. The summed E-state index contributed by atoms with van der Waals surface area (Å²) in [6.07, 6.45) is -0.336. The summed E-state index contributed by atoms with van der Waals surface area (Å²) in [7, 11) is 1.62. The van der Waals surface area contributed by atoms with E-state index >= 15 is 4.39 Å². The van der Waals surface area contributed by atoms with Gasteiger partial charge in [0.1, 0.15) is 11.5 Å². The van der Waals surface area contributed by atoms with Gasteiger partial charge in [0.05, 0.1) is 18.3 Å². The molecule has 1 unspecified atom stereocenters. The zero-order chi connectivity index (χ0) is 24.7. The minimum absolute atomic E-state index is 0.0195. The summed E-state index contributed by atoms with van der Waals surface area (Å²) in [6, 6.07) is 4.68. The van der Waals surface area contributed by atoms with Crippen LogP contribution in [0.3, 0.4) is 0 Å². The third-order valence-corrected chi connectivity index (χ3v) is 7.03. The smallest absolute Gasteiger partial charge is 0.279 e. The Morgan fingerprint density at radius 2 is 2.03 bits per heavy atom. The first-order valence-corrected chi connectivity index (χ1v) is 11.9. The number of aromatic nitrogens is 2. The highest BCUT2D eigenvalue weighted by molar-refractivity contribution is 5.95. The fraction of sp³-hybridized carbons (Fsp3) is 0.542. The zero-order valence-corrected chi connectivity index (χ0v) is 19.8. The minimum Gasteiger partial charge on any atom is -0.381 e. The first-order chi connectivity index (χ1) is 16.8. The molecule has 11 heteroatoms. The van der Waals surface area contributed by atoms with Gasteiger partial charge in [-0.3, -0.25) is 14.5 Å². The summed E-state index contributed by atoms with van der Waals surface area (Å²) < 4.78 is 49.5. The first-order valence-electron chi connectivity index (χ1n) is 11.9. The van der Waals surface area contributed by atoms with Crippen molar-refractivity contribution in [2.45, 2.75) is 51.1 Å². The number of halogens is 3. The quantitative estimate of drug-likeness (QED) is 0.692. The highest BCUT2D eigenvalue weighted by Crippen LogP contribution is 2.35. The van der Waals surface area contributed by atoms with Crippen LogP contribution in [-0.4, -0.2) is 71.1 Å². The first kappa shape index (κ1) is 23.7. The van der Waals surface area contributed by atoms with Crippen molar-refractivity contribution in [3.8, 4) is 0 Å². The van der Waals surface area contributed by atoms with Gasteiger partial charge >= 0.3 is 0 Å². The van der Waals surface area contributed by atoms with Crippen molar-refractivity contribution in [1.82, 2.24) is 19.7 Å². The van der Waals surface area contributed by atoms with Crippen molar-refractivity contribution < 1.29 is 22.7 Å². The molecule has 0 radical (unpaired) electrons. The zero-order valence-electron chi connectivity index (χ0n) is 19.8. The van der Waals surface area contributed by atoms with Crippen LogP contribution in [0.25, 0.3) is 0 Å². The number of alkyl halides is 2. The van der Waals surface area contributed by atoms with Crippen molar-refractivity contribution in [2.24, 2.45) is 5.10 Å². The van der Waals surface area contributed by atoms with E-state index in [1.165, 1.54) is 18.0 Å². The largest absolute Gasteiger partial charge is 0.381 e. The lowest BCUT2D eigenvalue weighted by molar-refractivity contribution is -0.129. The van der Waals surface area contributed by atoms with Crippen molar-refractivity contribution in [1.29, 1.82) is 0 Å². The number of nitrogens with one attached hydrogen (secondary N) is 1. The van der Waals surface area contributed by atoms with Gasteiger partial charge in [0.15, 0.2) is 5.82 Å². The van der Waals surface area contributed by atoms with E-state index in [-0.39, 0.29) is 29.9 Å². The Morgan fingerprint density at radius 1 is 1.26 bits per heavy atom. The molecule has 1 N–H and O–H groups in total.